The SMILES string of the molecule is CC(C)(C=C(C#N)C(=O)N1CCCC(n2nc(-c3ccc(Oc4ccccc4)cc3F)c3c(N)ncnc32)C1)N1CCN(C2CCC2)CC1.CC(C)(C=C(C#N)C(=O)N1CCC[C@@H](n2nc(-c3ccc(Oc4ccccc4)cc3F)c3c(N)ncnc32)C1)N1CCN(C2CCC2)CC1.CC(C)(C=C(C#N)C(=O)N1CCC[C@H](n2nc(-c3ccc(Oc4ccccc4)cc3F)c3c(N)ncnc32)C1)N1CCN(C2CCC2)CC1. The number of benzene rings is 6. The van der Waals surface area contributed by atoms with Gasteiger partial charge in [-0.25, -0.2) is 57.1 Å². The van der Waals surface area contributed by atoms with Crippen LogP contribution in [0.25, 0.3) is 66.9 Å². The average Bonchev–Trinajstić information content (AvgIpc) is 1.61. The van der Waals surface area contributed by atoms with E-state index in [0.29, 0.717) is 161 Å². The lowest BCUT2D eigenvalue weighted by Gasteiger charge is -2.47. The quantitative estimate of drug-likeness (QED) is 0.0373. The number of carbonyl (C=O) groups is 3. The molecule has 3 atom stereocenters. The number of nitriles is 3. The number of amides is 3. The number of piperazine rings is 3. The number of rotatable bonds is 24. The third-order valence-corrected chi connectivity index (χ3v) is 30.9. The van der Waals surface area contributed by atoms with Crippen molar-refractivity contribution >= 4 is 68.3 Å². The first-order valence-electron chi connectivity index (χ1n) is 51.4. The second-order valence-electron chi connectivity index (χ2n) is 41.4. The maximum absolute atomic E-state index is 15.7. The van der Waals surface area contributed by atoms with Crippen molar-refractivity contribution in [2.24, 2.45) is 0 Å². The van der Waals surface area contributed by atoms with Crippen LogP contribution in [0.5, 0.6) is 34.5 Å². The lowest BCUT2D eigenvalue weighted by molar-refractivity contribution is -0.129. The molecule has 0 bridgehead atoms. The van der Waals surface area contributed by atoms with Crippen LogP contribution >= 0.6 is 0 Å². The molecular formula is C111H126F3N27O6. The highest BCUT2D eigenvalue weighted by Crippen LogP contribution is 2.44. The molecule has 6 saturated heterocycles. The molecule has 36 heteroatoms. The number of fused-ring (bicyclic) bond motifs is 3. The Morgan fingerprint density at radius 3 is 0.816 bits per heavy atom. The van der Waals surface area contributed by atoms with Gasteiger partial charge in [0.1, 0.15) is 140 Å². The van der Waals surface area contributed by atoms with E-state index in [1.807, 2.05) is 72.8 Å². The molecule has 3 amide bonds. The van der Waals surface area contributed by atoms with Gasteiger partial charge in [-0.2, -0.15) is 31.1 Å². The molecule has 6 aliphatic heterocycles. The molecule has 9 aliphatic rings. The van der Waals surface area contributed by atoms with Crippen LogP contribution in [0, 0.1) is 51.4 Å². The minimum absolute atomic E-state index is 0.143. The molecule has 21 rings (SSSR count). The number of hydrogen-bond donors (Lipinski definition) is 3. The molecule has 9 fully saturated rings. The molecule has 0 radical (unpaired) electrons. The number of para-hydroxylation sites is 3. The molecule has 33 nitrogen and oxygen atoms in total. The highest BCUT2D eigenvalue weighted by molar-refractivity contribution is 6.02. The van der Waals surface area contributed by atoms with Crippen molar-refractivity contribution in [1.29, 1.82) is 15.8 Å². The zero-order chi connectivity index (χ0) is 102. The molecule has 6 aromatic carbocycles. The van der Waals surface area contributed by atoms with E-state index >= 15 is 13.2 Å². The van der Waals surface area contributed by atoms with Gasteiger partial charge in [0.2, 0.25) is 0 Å². The molecule has 3 saturated carbocycles. The van der Waals surface area contributed by atoms with E-state index in [0.717, 1.165) is 97.8 Å². The van der Waals surface area contributed by atoms with Gasteiger partial charge in [0.15, 0.2) is 16.9 Å². The highest BCUT2D eigenvalue weighted by atomic mass is 19.1. The van der Waals surface area contributed by atoms with E-state index in [2.05, 4.69) is 119 Å². The number of halogens is 3. The lowest BCUT2D eigenvalue weighted by atomic mass is 9.90. The van der Waals surface area contributed by atoms with Crippen LogP contribution in [0.2, 0.25) is 0 Å². The Hall–Kier alpha value is -14.6. The molecule has 3 aliphatic carbocycles. The average molecular weight is 1990 g/mol. The number of piperidine rings is 3. The van der Waals surface area contributed by atoms with Crippen molar-refractivity contribution in [1.82, 2.24) is 103 Å². The largest absolute Gasteiger partial charge is 0.457 e. The van der Waals surface area contributed by atoms with E-state index in [4.69, 9.17) is 46.7 Å². The molecule has 0 spiro atoms. The number of aromatic nitrogens is 12. The molecule has 12 heterocycles. The molecular weight excluding hydrogens is 1860 g/mol. The van der Waals surface area contributed by atoms with Crippen molar-refractivity contribution < 1.29 is 41.8 Å². The Labute approximate surface area is 853 Å². The summed E-state index contributed by atoms with van der Waals surface area (Å²) in [4.78, 5) is 87.7. The van der Waals surface area contributed by atoms with Crippen molar-refractivity contribution in [2.45, 2.75) is 191 Å². The van der Waals surface area contributed by atoms with Crippen LogP contribution in [-0.2, 0) is 14.4 Å². The van der Waals surface area contributed by atoms with Crippen molar-refractivity contribution in [3.05, 3.63) is 217 Å². The molecule has 6 N–H and O–H groups in total. The number of hydrogen-bond acceptors (Lipinski definition) is 27. The molecule has 762 valence electrons. The van der Waals surface area contributed by atoms with Crippen LogP contribution in [0.1, 0.15) is 156 Å². The number of ether oxygens (including phenoxy) is 3. The summed E-state index contributed by atoms with van der Waals surface area (Å²) in [5.74, 6) is 0.928. The fourth-order valence-corrected chi connectivity index (χ4v) is 22.0. The zero-order valence-corrected chi connectivity index (χ0v) is 84.2. The molecule has 12 aromatic rings. The normalized spacial score (nSPS) is 19.8. The second-order valence-corrected chi connectivity index (χ2v) is 41.4. The second kappa shape index (κ2) is 44.0. The van der Waals surface area contributed by atoms with Gasteiger partial charge >= 0.3 is 0 Å². The van der Waals surface area contributed by atoms with Gasteiger partial charge in [-0.05, 0) is 210 Å². The number of nitrogens with zero attached hydrogens (tertiary/aromatic N) is 24. The predicted octanol–water partition coefficient (Wildman–Crippen LogP) is 16.7. The summed E-state index contributed by atoms with van der Waals surface area (Å²) in [7, 11) is 0. The van der Waals surface area contributed by atoms with Gasteiger partial charge in [-0.3, -0.25) is 43.8 Å². The summed E-state index contributed by atoms with van der Waals surface area (Å²) in [5.41, 5.74) is 21.1. The summed E-state index contributed by atoms with van der Waals surface area (Å²) in [6, 6.07) is 49.3. The minimum atomic E-state index is -0.528. The van der Waals surface area contributed by atoms with E-state index < -0.39 is 34.1 Å². The summed E-state index contributed by atoms with van der Waals surface area (Å²) in [5, 5.41) is 46.4. The fraction of sp³-hybridized carbons (Fsp3) is 0.432. The standard InChI is InChI=1S/3C37H42FN9O2/c3*1-37(2,46-18-16-44(17-19-46)26-8-6-9-26)21-25(22-39)36(48)45-15-7-10-27(23-45)47-35-32(34(40)41-24-42-35)33(43-47)30-14-13-29(20-31(30)38)49-28-11-4-3-5-12-28/h3*3-5,11-14,20-21,24,26-27H,6-10,15-19,23H2,1-2H3,(H2,40,41,42)/t2*27-;/m10./s1. The first-order chi connectivity index (χ1) is 71.1. The van der Waals surface area contributed by atoms with Gasteiger partial charge in [0.05, 0.1) is 34.3 Å². The van der Waals surface area contributed by atoms with Crippen LogP contribution in [-0.4, -0.2) is 274 Å². The number of nitrogen functional groups attached to an aromatic ring is 3. The van der Waals surface area contributed by atoms with Crippen molar-refractivity contribution in [2.75, 3.05) is 135 Å². The maximum Gasteiger partial charge on any atom is 0.264 e. The fourth-order valence-electron chi connectivity index (χ4n) is 22.0. The lowest BCUT2D eigenvalue weighted by Crippen LogP contribution is -2.57. The van der Waals surface area contributed by atoms with Gasteiger partial charge in [-0.1, -0.05) is 73.9 Å². The third-order valence-electron chi connectivity index (χ3n) is 30.9. The Kier molecular flexibility index (Phi) is 30.2. The summed E-state index contributed by atoms with van der Waals surface area (Å²) < 4.78 is 69.7. The predicted molar refractivity (Wildman–Crippen MR) is 555 cm³/mol. The first-order valence-corrected chi connectivity index (χ1v) is 51.4. The number of anilines is 3. The summed E-state index contributed by atoms with van der Waals surface area (Å²) >= 11 is 0. The molecule has 6 aromatic heterocycles. The minimum Gasteiger partial charge on any atom is -0.457 e. The highest BCUT2D eigenvalue weighted by Gasteiger charge is 2.42. The number of carbonyl (C=O) groups excluding carboxylic acids is 3. The number of likely N-dealkylation sites (tertiary alicyclic amines) is 3. The summed E-state index contributed by atoms with van der Waals surface area (Å²) in [6.07, 6.45) is 25.6. The van der Waals surface area contributed by atoms with Crippen LogP contribution < -0.4 is 31.4 Å². The van der Waals surface area contributed by atoms with Crippen molar-refractivity contribution in [3.63, 3.8) is 0 Å². The van der Waals surface area contributed by atoms with E-state index in [1.54, 1.807) is 102 Å². The van der Waals surface area contributed by atoms with Crippen molar-refractivity contribution in [3.8, 4) is 86.5 Å². The first kappa shape index (κ1) is 101. The van der Waals surface area contributed by atoms with E-state index in [1.165, 1.54) is 95.0 Å². The van der Waals surface area contributed by atoms with Crippen LogP contribution in [0.3, 0.4) is 0 Å². The Balaban J connectivity index is 0.000000139. The van der Waals surface area contributed by atoms with Gasteiger partial charge in [0.25, 0.3) is 17.7 Å². The monoisotopic (exact) mass is 1990 g/mol. The maximum atomic E-state index is 15.7. The van der Waals surface area contributed by atoms with E-state index in [9.17, 15) is 30.2 Å². The Bertz CT molecular complexity index is 6380. The molecule has 147 heavy (non-hydrogen) atoms. The molecule has 1 unspecified atom stereocenters. The van der Waals surface area contributed by atoms with E-state index in [-0.39, 0.29) is 86.7 Å². The van der Waals surface area contributed by atoms with Gasteiger partial charge < -0.3 is 46.1 Å². The van der Waals surface area contributed by atoms with Gasteiger partial charge in [-0.15, -0.1) is 0 Å². The topological polar surface area (TPSA) is 388 Å². The van der Waals surface area contributed by atoms with Crippen LogP contribution in [0.4, 0.5) is 30.6 Å². The summed E-state index contributed by atoms with van der Waals surface area (Å²) in [6.45, 7) is 26.5. The Morgan fingerprint density at radius 2 is 0.585 bits per heavy atom. The number of nitrogens with two attached hydrogens (primary N) is 3. The van der Waals surface area contributed by atoms with Gasteiger partial charge in [0, 0.05) is 187 Å². The smallest absolute Gasteiger partial charge is 0.264 e. The Morgan fingerprint density at radius 1 is 0.333 bits per heavy atom. The zero-order valence-electron chi connectivity index (χ0n) is 84.2. The van der Waals surface area contributed by atoms with Crippen LogP contribution in [0.15, 0.2) is 200 Å². The third kappa shape index (κ3) is 22.1.